The van der Waals surface area contributed by atoms with Crippen LogP contribution in [0.15, 0.2) is 56.5 Å². The van der Waals surface area contributed by atoms with Crippen molar-refractivity contribution in [2.24, 2.45) is 0 Å². The van der Waals surface area contributed by atoms with Crippen LogP contribution in [0.5, 0.6) is 0 Å². The molecule has 0 aliphatic carbocycles. The Morgan fingerprint density at radius 3 is 2.85 bits per heavy atom. The van der Waals surface area contributed by atoms with Crippen molar-refractivity contribution >= 4 is 15.7 Å². The van der Waals surface area contributed by atoms with E-state index in [2.05, 4.69) is 26.9 Å². The molecule has 142 valence electrons. The van der Waals surface area contributed by atoms with E-state index in [0.29, 0.717) is 30.3 Å². The summed E-state index contributed by atoms with van der Waals surface area (Å²) in [6, 6.07) is 12.9. The number of hydrogen-bond donors (Lipinski definition) is 1. The molecule has 0 unspecified atom stereocenters. The molecular formula is C19H21N3O4S. The average molecular weight is 387 g/mol. The second kappa shape index (κ2) is 7.21. The van der Waals surface area contributed by atoms with Crippen LogP contribution in [-0.2, 0) is 16.4 Å². The van der Waals surface area contributed by atoms with E-state index in [1.807, 2.05) is 12.1 Å². The molecule has 1 aromatic carbocycles. The number of anilines is 1. The van der Waals surface area contributed by atoms with E-state index in [1.54, 1.807) is 19.1 Å². The summed E-state index contributed by atoms with van der Waals surface area (Å²) in [5.74, 6) is 0.736. The Labute approximate surface area is 158 Å². The Morgan fingerprint density at radius 1 is 1.19 bits per heavy atom. The second-order valence-electron chi connectivity index (χ2n) is 6.57. The highest BCUT2D eigenvalue weighted by Crippen LogP contribution is 2.27. The minimum absolute atomic E-state index is 0.134. The standard InChI is InChI=1S/C19H21N3O4S/c1-14-13-18(26-21-14)17-8-9-19(25-17)27(23,24)20-10-12-22-11-4-6-15-5-2-3-7-16(15)22/h2-3,5,7-9,13,20H,4,6,10-12H2,1H3. The van der Waals surface area contributed by atoms with Crippen LogP contribution in [0, 0.1) is 6.92 Å². The fraction of sp³-hybridized carbons (Fsp3) is 0.316. The predicted octanol–water partition coefficient (Wildman–Crippen LogP) is 2.97. The summed E-state index contributed by atoms with van der Waals surface area (Å²) >= 11 is 0. The lowest BCUT2D eigenvalue weighted by Gasteiger charge is -2.31. The van der Waals surface area contributed by atoms with Crippen LogP contribution in [0.2, 0.25) is 0 Å². The van der Waals surface area contributed by atoms with Crippen LogP contribution in [0.1, 0.15) is 17.7 Å². The molecule has 0 spiro atoms. The van der Waals surface area contributed by atoms with Crippen LogP contribution in [0.25, 0.3) is 11.5 Å². The van der Waals surface area contributed by atoms with Crippen molar-refractivity contribution < 1.29 is 17.4 Å². The first-order valence-corrected chi connectivity index (χ1v) is 10.4. The quantitative estimate of drug-likeness (QED) is 0.699. The van der Waals surface area contributed by atoms with E-state index in [9.17, 15) is 8.42 Å². The number of para-hydroxylation sites is 1. The molecule has 0 saturated heterocycles. The number of fused-ring (bicyclic) bond motifs is 1. The van der Waals surface area contributed by atoms with Crippen LogP contribution < -0.4 is 9.62 Å². The van der Waals surface area contributed by atoms with Gasteiger partial charge in [0, 0.05) is 31.4 Å². The number of aromatic nitrogens is 1. The third-order valence-electron chi connectivity index (χ3n) is 4.60. The molecule has 1 aliphatic heterocycles. The number of sulfonamides is 1. The number of aryl methyl sites for hydroxylation is 2. The first-order chi connectivity index (χ1) is 13.0. The Kier molecular flexibility index (Phi) is 4.75. The zero-order valence-corrected chi connectivity index (χ0v) is 15.8. The largest absolute Gasteiger partial charge is 0.440 e. The summed E-state index contributed by atoms with van der Waals surface area (Å²) in [5, 5.41) is 3.64. The fourth-order valence-corrected chi connectivity index (χ4v) is 4.26. The van der Waals surface area contributed by atoms with Gasteiger partial charge in [0.2, 0.25) is 10.9 Å². The molecule has 1 N–H and O–H groups in total. The van der Waals surface area contributed by atoms with Gasteiger partial charge in [0.05, 0.1) is 5.69 Å². The molecule has 0 fully saturated rings. The first-order valence-electron chi connectivity index (χ1n) is 8.89. The zero-order valence-electron chi connectivity index (χ0n) is 15.0. The summed E-state index contributed by atoms with van der Waals surface area (Å²) in [4.78, 5) is 2.21. The Balaban J connectivity index is 1.41. The molecule has 1 aliphatic rings. The average Bonchev–Trinajstić information content (AvgIpc) is 3.31. The predicted molar refractivity (Wildman–Crippen MR) is 101 cm³/mol. The highest BCUT2D eigenvalue weighted by atomic mass is 32.2. The van der Waals surface area contributed by atoms with Gasteiger partial charge in [-0.05, 0) is 43.5 Å². The molecule has 0 atom stereocenters. The smallest absolute Gasteiger partial charge is 0.274 e. The van der Waals surface area contributed by atoms with Crippen LogP contribution in [0.4, 0.5) is 5.69 Å². The van der Waals surface area contributed by atoms with Crippen molar-refractivity contribution in [1.82, 2.24) is 9.88 Å². The van der Waals surface area contributed by atoms with E-state index in [1.165, 1.54) is 17.3 Å². The second-order valence-corrected chi connectivity index (χ2v) is 8.27. The zero-order chi connectivity index (χ0) is 18.9. The summed E-state index contributed by atoms with van der Waals surface area (Å²) in [6.45, 7) is 3.61. The summed E-state index contributed by atoms with van der Waals surface area (Å²) in [6.07, 6.45) is 2.14. The topological polar surface area (TPSA) is 88.6 Å². The van der Waals surface area contributed by atoms with E-state index >= 15 is 0 Å². The number of furan rings is 1. The number of benzene rings is 1. The first kappa shape index (κ1) is 17.8. The van der Waals surface area contributed by atoms with Crippen molar-refractivity contribution in [3.05, 3.63) is 53.7 Å². The molecule has 3 aromatic rings. The van der Waals surface area contributed by atoms with Gasteiger partial charge in [-0.1, -0.05) is 23.4 Å². The Morgan fingerprint density at radius 2 is 2.04 bits per heavy atom. The van der Waals surface area contributed by atoms with Gasteiger partial charge in [-0.25, -0.2) is 13.1 Å². The van der Waals surface area contributed by atoms with E-state index in [0.717, 1.165) is 19.4 Å². The van der Waals surface area contributed by atoms with Crippen LogP contribution >= 0.6 is 0 Å². The van der Waals surface area contributed by atoms with Gasteiger partial charge < -0.3 is 13.8 Å². The van der Waals surface area contributed by atoms with Gasteiger partial charge in [-0.3, -0.25) is 0 Å². The van der Waals surface area contributed by atoms with Crippen molar-refractivity contribution in [1.29, 1.82) is 0 Å². The van der Waals surface area contributed by atoms with Crippen LogP contribution in [0.3, 0.4) is 0 Å². The van der Waals surface area contributed by atoms with Crippen molar-refractivity contribution in [3.63, 3.8) is 0 Å². The van der Waals surface area contributed by atoms with Gasteiger partial charge in [-0.2, -0.15) is 0 Å². The van der Waals surface area contributed by atoms with E-state index in [4.69, 9.17) is 8.94 Å². The van der Waals surface area contributed by atoms with Gasteiger partial charge in [0.15, 0.2) is 5.76 Å². The number of nitrogens with zero attached hydrogens (tertiary/aromatic N) is 2. The van der Waals surface area contributed by atoms with Crippen LogP contribution in [-0.4, -0.2) is 33.2 Å². The minimum Gasteiger partial charge on any atom is -0.440 e. The normalized spacial score (nSPS) is 14.3. The third-order valence-corrected chi connectivity index (χ3v) is 5.93. The Hall–Kier alpha value is -2.58. The molecule has 4 rings (SSSR count). The molecule has 8 heteroatoms. The molecule has 7 nitrogen and oxygen atoms in total. The van der Waals surface area contributed by atoms with Crippen molar-refractivity contribution in [3.8, 4) is 11.5 Å². The molecule has 0 bridgehead atoms. The monoisotopic (exact) mass is 387 g/mol. The molecule has 0 amide bonds. The highest BCUT2D eigenvalue weighted by Gasteiger charge is 2.21. The fourth-order valence-electron chi connectivity index (χ4n) is 3.31. The third kappa shape index (κ3) is 3.77. The summed E-state index contributed by atoms with van der Waals surface area (Å²) in [5.41, 5.74) is 3.19. The molecule has 0 saturated carbocycles. The van der Waals surface area contributed by atoms with Crippen molar-refractivity contribution in [2.75, 3.05) is 24.5 Å². The number of rotatable bonds is 6. The van der Waals surface area contributed by atoms with Gasteiger partial charge in [0.25, 0.3) is 10.0 Å². The van der Waals surface area contributed by atoms with E-state index < -0.39 is 10.0 Å². The van der Waals surface area contributed by atoms with Gasteiger partial charge in [0.1, 0.15) is 0 Å². The number of nitrogens with one attached hydrogen (secondary N) is 1. The maximum absolute atomic E-state index is 12.5. The number of hydrogen-bond acceptors (Lipinski definition) is 6. The maximum atomic E-state index is 12.5. The lowest BCUT2D eigenvalue weighted by atomic mass is 10.0. The maximum Gasteiger partial charge on any atom is 0.274 e. The molecule has 3 heterocycles. The molecule has 2 aromatic heterocycles. The van der Waals surface area contributed by atoms with Crippen molar-refractivity contribution in [2.45, 2.75) is 24.9 Å². The Bertz CT molecular complexity index is 1040. The highest BCUT2D eigenvalue weighted by molar-refractivity contribution is 7.89. The summed E-state index contributed by atoms with van der Waals surface area (Å²) < 4.78 is 38.2. The van der Waals surface area contributed by atoms with Gasteiger partial charge >= 0.3 is 0 Å². The SMILES string of the molecule is Cc1cc(-c2ccc(S(=O)(=O)NCCN3CCCc4ccccc43)o2)on1. The molecule has 27 heavy (non-hydrogen) atoms. The minimum atomic E-state index is -3.72. The lowest BCUT2D eigenvalue weighted by Crippen LogP contribution is -2.37. The van der Waals surface area contributed by atoms with Gasteiger partial charge in [-0.15, -0.1) is 0 Å². The molecule has 0 radical (unpaired) electrons. The summed E-state index contributed by atoms with van der Waals surface area (Å²) in [7, 11) is -3.72. The lowest BCUT2D eigenvalue weighted by molar-refractivity contribution is 0.397. The van der Waals surface area contributed by atoms with E-state index in [-0.39, 0.29) is 5.09 Å². The molecular weight excluding hydrogens is 366 g/mol.